The Labute approximate surface area is 155 Å². The van der Waals surface area contributed by atoms with Crippen LogP contribution in [-0.2, 0) is 13.7 Å². The van der Waals surface area contributed by atoms with Crippen molar-refractivity contribution < 1.29 is 9.13 Å². The van der Waals surface area contributed by atoms with Crippen LogP contribution < -0.4 is 4.74 Å². The van der Waals surface area contributed by atoms with Crippen LogP contribution in [0.25, 0.3) is 16.9 Å². The van der Waals surface area contributed by atoms with Gasteiger partial charge in [-0.15, -0.1) is 10.2 Å². The van der Waals surface area contributed by atoms with Crippen LogP contribution in [0.15, 0.2) is 35.1 Å². The van der Waals surface area contributed by atoms with Crippen molar-refractivity contribution in [2.45, 2.75) is 13.5 Å². The Balaban J connectivity index is 1.81. The Morgan fingerprint density at radius 3 is 2.77 bits per heavy atom. The number of halogens is 2. The number of benzene rings is 1. The molecule has 0 spiro atoms. The monoisotopic (exact) mass is 417 g/mol. The zero-order valence-corrected chi connectivity index (χ0v) is 15.5. The van der Waals surface area contributed by atoms with Gasteiger partial charge in [0.1, 0.15) is 28.7 Å². The van der Waals surface area contributed by atoms with E-state index in [0.717, 1.165) is 0 Å². The predicted octanol–water partition coefficient (Wildman–Crippen LogP) is 2.71. The summed E-state index contributed by atoms with van der Waals surface area (Å²) in [7, 11) is 1.78. The number of aryl methyl sites for hydroxylation is 2. The van der Waals surface area contributed by atoms with E-state index >= 15 is 0 Å². The molecule has 0 fully saturated rings. The largest absolute Gasteiger partial charge is 0.468 e. The summed E-state index contributed by atoms with van der Waals surface area (Å²) in [4.78, 5) is 4.11. The third kappa shape index (κ3) is 2.71. The second-order valence-electron chi connectivity index (χ2n) is 5.56. The predicted molar refractivity (Wildman–Crippen MR) is 93.9 cm³/mol. The van der Waals surface area contributed by atoms with Gasteiger partial charge in [0, 0.05) is 7.05 Å². The van der Waals surface area contributed by atoms with E-state index in [-0.39, 0.29) is 12.4 Å². The molecule has 3 heterocycles. The molecule has 0 saturated heterocycles. The van der Waals surface area contributed by atoms with Crippen molar-refractivity contribution in [2.24, 2.45) is 7.05 Å². The van der Waals surface area contributed by atoms with Crippen LogP contribution in [0.4, 0.5) is 4.39 Å². The lowest BCUT2D eigenvalue weighted by Crippen LogP contribution is -2.05. The lowest BCUT2D eigenvalue weighted by Gasteiger charge is -2.05. The van der Waals surface area contributed by atoms with Gasteiger partial charge in [0.2, 0.25) is 5.88 Å². The van der Waals surface area contributed by atoms with E-state index < -0.39 is 5.82 Å². The van der Waals surface area contributed by atoms with E-state index in [2.05, 4.69) is 41.3 Å². The van der Waals surface area contributed by atoms with Gasteiger partial charge >= 0.3 is 0 Å². The highest BCUT2D eigenvalue weighted by molar-refractivity contribution is 9.10. The number of fused-ring (bicyclic) bond motifs is 1. The number of hydrogen-bond donors (Lipinski definition) is 0. The van der Waals surface area contributed by atoms with Crippen LogP contribution in [0.5, 0.6) is 5.88 Å². The Morgan fingerprint density at radius 2 is 2.04 bits per heavy atom. The molecule has 0 aliphatic carbocycles. The summed E-state index contributed by atoms with van der Waals surface area (Å²) in [6, 6.07) is 6.35. The molecule has 0 N–H and O–H groups in total. The quantitative estimate of drug-likeness (QED) is 0.507. The third-order valence-electron chi connectivity index (χ3n) is 3.89. The summed E-state index contributed by atoms with van der Waals surface area (Å²) < 4.78 is 23.7. The van der Waals surface area contributed by atoms with Crippen molar-refractivity contribution in [1.82, 2.24) is 34.6 Å². The van der Waals surface area contributed by atoms with Gasteiger partial charge in [-0.1, -0.05) is 12.1 Å². The zero-order chi connectivity index (χ0) is 18.3. The summed E-state index contributed by atoms with van der Waals surface area (Å²) in [5, 5.41) is 16.7. The number of nitrogens with zero attached hydrogens (tertiary/aromatic N) is 7. The molecule has 0 aliphatic rings. The average molecular weight is 418 g/mol. The molecular formula is C16H13BrFN7O. The van der Waals surface area contributed by atoms with Crippen LogP contribution in [0.3, 0.4) is 0 Å². The zero-order valence-electron chi connectivity index (χ0n) is 13.9. The second-order valence-corrected chi connectivity index (χ2v) is 6.35. The highest BCUT2D eigenvalue weighted by Crippen LogP contribution is 2.33. The smallest absolute Gasteiger partial charge is 0.248 e. The van der Waals surface area contributed by atoms with Crippen molar-refractivity contribution in [3.05, 3.63) is 52.4 Å². The minimum absolute atomic E-state index is 0.188. The van der Waals surface area contributed by atoms with Crippen LogP contribution in [0.2, 0.25) is 0 Å². The molecule has 3 aromatic heterocycles. The molecule has 1 aromatic carbocycles. The molecule has 0 saturated carbocycles. The van der Waals surface area contributed by atoms with E-state index in [1.807, 2.05) is 0 Å². The maximum absolute atomic E-state index is 14.2. The van der Waals surface area contributed by atoms with Gasteiger partial charge in [-0.3, -0.25) is 4.68 Å². The third-order valence-corrected chi connectivity index (χ3v) is 4.61. The lowest BCUT2D eigenvalue weighted by atomic mass is 10.2. The molecule has 0 radical (unpaired) electrons. The van der Waals surface area contributed by atoms with Gasteiger partial charge in [-0.25, -0.2) is 13.9 Å². The molecule has 0 aliphatic heterocycles. The Bertz CT molecular complexity index is 1110. The highest BCUT2D eigenvalue weighted by Gasteiger charge is 2.20. The van der Waals surface area contributed by atoms with Crippen LogP contribution in [0.1, 0.15) is 11.5 Å². The van der Waals surface area contributed by atoms with Crippen molar-refractivity contribution >= 4 is 21.4 Å². The fraction of sp³-hybridized carbons (Fsp3) is 0.188. The van der Waals surface area contributed by atoms with Gasteiger partial charge in [0.25, 0.3) is 0 Å². The van der Waals surface area contributed by atoms with Crippen molar-refractivity contribution in [1.29, 1.82) is 0 Å². The Hall–Kier alpha value is -2.88. The van der Waals surface area contributed by atoms with E-state index in [9.17, 15) is 4.39 Å². The normalized spacial score (nSPS) is 11.2. The van der Waals surface area contributed by atoms with E-state index in [1.165, 1.54) is 16.9 Å². The average Bonchev–Trinajstić information content (AvgIpc) is 3.18. The van der Waals surface area contributed by atoms with E-state index in [1.54, 1.807) is 36.9 Å². The molecule has 10 heteroatoms. The second kappa shape index (κ2) is 6.45. The number of hydrogen-bond acceptors (Lipinski definition) is 6. The lowest BCUT2D eigenvalue weighted by molar-refractivity contribution is 0.275. The SMILES string of the molecule is Cc1nnc(-c2ccccc2F)n2nc(OCc3ncnn3C)c(Br)c12. The van der Waals surface area contributed by atoms with E-state index in [4.69, 9.17) is 4.74 Å². The number of aromatic nitrogens is 7. The molecule has 4 aromatic rings. The van der Waals surface area contributed by atoms with Gasteiger partial charge in [-0.2, -0.15) is 10.2 Å². The highest BCUT2D eigenvalue weighted by atomic mass is 79.9. The first-order valence-corrected chi connectivity index (χ1v) is 8.47. The summed E-state index contributed by atoms with van der Waals surface area (Å²) in [5.41, 5.74) is 1.60. The van der Waals surface area contributed by atoms with Crippen molar-refractivity contribution in [2.75, 3.05) is 0 Å². The number of rotatable bonds is 4. The molecule has 132 valence electrons. The van der Waals surface area contributed by atoms with Crippen LogP contribution >= 0.6 is 15.9 Å². The molecule has 0 unspecified atom stereocenters. The maximum atomic E-state index is 14.2. The summed E-state index contributed by atoms with van der Waals surface area (Å²) in [5.74, 6) is 0.873. The molecule has 26 heavy (non-hydrogen) atoms. The van der Waals surface area contributed by atoms with Crippen LogP contribution in [0, 0.1) is 12.7 Å². The fourth-order valence-electron chi connectivity index (χ4n) is 2.54. The molecule has 0 bridgehead atoms. The van der Waals surface area contributed by atoms with Gasteiger partial charge in [0.05, 0.1) is 11.3 Å². The standard InChI is InChI=1S/C16H13BrFN7O/c1-9-14-13(17)16(26-7-12-19-8-20-24(12)2)23-25(14)15(22-21-9)10-5-3-4-6-11(10)18/h3-6,8H,7H2,1-2H3. The fourth-order valence-corrected chi connectivity index (χ4v) is 3.19. The van der Waals surface area contributed by atoms with Crippen LogP contribution in [-0.4, -0.2) is 34.6 Å². The summed E-state index contributed by atoms with van der Waals surface area (Å²) >= 11 is 3.50. The van der Waals surface area contributed by atoms with Gasteiger partial charge in [0.15, 0.2) is 11.6 Å². The topological polar surface area (TPSA) is 83.0 Å². The molecular weight excluding hydrogens is 405 g/mol. The molecule has 8 nitrogen and oxygen atoms in total. The minimum Gasteiger partial charge on any atom is -0.468 e. The van der Waals surface area contributed by atoms with Crippen molar-refractivity contribution in [3.8, 4) is 17.3 Å². The summed E-state index contributed by atoms with van der Waals surface area (Å²) in [6.07, 6.45) is 1.45. The molecule has 0 amide bonds. The number of ether oxygens (including phenoxy) is 1. The minimum atomic E-state index is -0.403. The van der Waals surface area contributed by atoms with Gasteiger partial charge < -0.3 is 4.74 Å². The maximum Gasteiger partial charge on any atom is 0.248 e. The van der Waals surface area contributed by atoms with Gasteiger partial charge in [-0.05, 0) is 35.0 Å². The first-order valence-electron chi connectivity index (χ1n) is 7.68. The Morgan fingerprint density at radius 1 is 1.23 bits per heavy atom. The Kier molecular flexibility index (Phi) is 4.11. The van der Waals surface area contributed by atoms with Crippen molar-refractivity contribution in [3.63, 3.8) is 0 Å². The summed E-state index contributed by atoms with van der Waals surface area (Å²) in [6.45, 7) is 1.99. The molecule has 4 rings (SSSR count). The first-order chi connectivity index (χ1) is 12.6. The first kappa shape index (κ1) is 16.6. The van der Waals surface area contributed by atoms with E-state index in [0.29, 0.717) is 33.0 Å². The molecule has 0 atom stereocenters.